The highest BCUT2D eigenvalue weighted by molar-refractivity contribution is 6.72. The van der Waals surface area contributed by atoms with Crippen LogP contribution in [-0.4, -0.2) is 116 Å². The standard InChI is InChI=1S/C64H77NO18Si/c1-38(2)84(11,12)83-51(49(43-29-21-15-22-30-43)65-57(70)82-60(5,6)7)56(69)77-45-34-64(73)54(80-55(68)44-31-23-16-24-32-44)52-62(10,53(67)50(48(39(45)3)61(64,8)9)79-59(72)75-36-42-27-19-14-20-28-42)46(33-47-63(52,37-76-47)81-40(4)66)78-58(71)74-35-41-25-17-13-18-26-41/h13-32,38,45-47,49-52,54,73H,33-37H2,1-12H3,(H,65,70)/t45-,46-,47+,49-,50+,51+,52?,54-,62+,63-,64+/m0/s1. The van der Waals surface area contributed by atoms with E-state index in [0.29, 0.717) is 16.7 Å². The average molecular weight is 1180 g/mol. The number of amides is 1. The van der Waals surface area contributed by atoms with Gasteiger partial charge in [0.05, 0.1) is 29.5 Å². The van der Waals surface area contributed by atoms with Gasteiger partial charge in [-0.2, -0.15) is 0 Å². The molecule has 4 aliphatic rings. The summed E-state index contributed by atoms with van der Waals surface area (Å²) in [5.41, 5.74) is -7.90. The van der Waals surface area contributed by atoms with Crippen molar-refractivity contribution in [2.75, 3.05) is 6.61 Å². The average Bonchev–Trinajstić information content (AvgIpc) is 0.676. The number of benzene rings is 4. The van der Waals surface area contributed by atoms with Crippen molar-refractivity contribution in [2.45, 2.75) is 173 Å². The van der Waals surface area contributed by atoms with Gasteiger partial charge in [0.25, 0.3) is 0 Å². The van der Waals surface area contributed by atoms with E-state index in [1.165, 1.54) is 19.1 Å². The molecule has 8 rings (SSSR count). The lowest BCUT2D eigenvalue weighted by Gasteiger charge is -2.67. The number of rotatable bonds is 17. The number of esters is 3. The maximum atomic E-state index is 16.8. The smallest absolute Gasteiger partial charge is 0.456 e. The van der Waals surface area contributed by atoms with Crippen LogP contribution in [0.5, 0.6) is 0 Å². The van der Waals surface area contributed by atoms with Crippen molar-refractivity contribution in [3.05, 3.63) is 155 Å². The van der Waals surface area contributed by atoms with Gasteiger partial charge in [-0.3, -0.25) is 9.59 Å². The number of ketones is 1. The molecule has 1 unspecified atom stereocenters. The van der Waals surface area contributed by atoms with Crippen molar-refractivity contribution in [3.8, 4) is 0 Å². The van der Waals surface area contributed by atoms with Crippen LogP contribution in [0.15, 0.2) is 132 Å². The van der Waals surface area contributed by atoms with Crippen LogP contribution < -0.4 is 5.32 Å². The lowest BCUT2D eigenvalue weighted by atomic mass is 9.44. The van der Waals surface area contributed by atoms with Gasteiger partial charge in [0, 0.05) is 25.2 Å². The number of ether oxygens (including phenoxy) is 9. The summed E-state index contributed by atoms with van der Waals surface area (Å²) in [6.07, 6.45) is -14.3. The Bertz CT molecular complexity index is 3090. The first-order chi connectivity index (χ1) is 39.5. The zero-order valence-electron chi connectivity index (χ0n) is 49.7. The molecular weight excluding hydrogens is 1100 g/mol. The number of hydrogen-bond donors (Lipinski definition) is 2. The molecule has 1 saturated heterocycles. The molecule has 450 valence electrons. The summed E-state index contributed by atoms with van der Waals surface area (Å²) in [6.45, 7) is 19.1. The molecule has 84 heavy (non-hydrogen) atoms. The number of alkyl carbamates (subject to hydrolysis) is 1. The third kappa shape index (κ3) is 12.8. The van der Waals surface area contributed by atoms with Crippen LogP contribution in [0, 0.1) is 16.7 Å². The number of carbonyl (C=O) groups excluding carboxylic acids is 7. The van der Waals surface area contributed by atoms with Crippen LogP contribution in [0.3, 0.4) is 0 Å². The molecule has 0 spiro atoms. The molecule has 11 atom stereocenters. The Kier molecular flexibility index (Phi) is 18.4. The predicted molar refractivity (Wildman–Crippen MR) is 306 cm³/mol. The van der Waals surface area contributed by atoms with Crippen LogP contribution in [-0.2, 0) is 74.7 Å². The van der Waals surface area contributed by atoms with Crippen molar-refractivity contribution in [2.24, 2.45) is 16.7 Å². The Morgan fingerprint density at radius 1 is 0.762 bits per heavy atom. The molecular formula is C64H77NO18Si. The quantitative estimate of drug-likeness (QED) is 0.0432. The van der Waals surface area contributed by atoms with Crippen LogP contribution in [0.2, 0.25) is 18.6 Å². The highest BCUT2D eigenvalue weighted by atomic mass is 28.4. The van der Waals surface area contributed by atoms with Crippen LogP contribution >= 0.6 is 0 Å². The summed E-state index contributed by atoms with van der Waals surface area (Å²) < 4.78 is 62.4. The van der Waals surface area contributed by atoms with E-state index in [0.717, 1.165) is 6.92 Å². The first-order valence-electron chi connectivity index (χ1n) is 28.2. The fraction of sp³-hybridized carbons (Fsp3) is 0.484. The molecule has 3 aliphatic carbocycles. The van der Waals surface area contributed by atoms with Crippen molar-refractivity contribution < 1.29 is 85.7 Å². The van der Waals surface area contributed by atoms with Crippen molar-refractivity contribution in [3.63, 3.8) is 0 Å². The van der Waals surface area contributed by atoms with E-state index in [9.17, 15) is 29.1 Å². The SMILES string of the molecule is CC(=O)O[C@@]12CO[C@@H]1C[C@H](OC(=O)OCc1ccccc1)[C@@]1(C)C(=O)[C@H](OC(=O)OCc3ccccc3)C3=C(C)[C@@H](OC(=O)[C@H](O[Si](C)(C)C(C)C)[C@@H](NC(=O)OC(C)(C)C)c4ccccc4)C[C@@](O)([C@@H](OC(=O)c4ccccc4)C12)C3(C)C. The van der Waals surface area contributed by atoms with E-state index in [4.69, 9.17) is 47.1 Å². The molecule has 3 fully saturated rings. The zero-order chi connectivity index (χ0) is 61.2. The fourth-order valence-electron chi connectivity index (χ4n) is 12.1. The molecule has 0 aromatic heterocycles. The molecule has 1 heterocycles. The largest absolute Gasteiger partial charge is 0.509 e. The molecule has 4 aromatic rings. The molecule has 2 saturated carbocycles. The normalized spacial score (nSPS) is 26.9. The van der Waals surface area contributed by atoms with E-state index in [1.54, 1.807) is 151 Å². The van der Waals surface area contributed by atoms with Gasteiger partial charge in [-0.15, -0.1) is 0 Å². The van der Waals surface area contributed by atoms with E-state index in [2.05, 4.69) is 5.32 Å². The van der Waals surface area contributed by atoms with E-state index in [-0.39, 0.29) is 41.9 Å². The predicted octanol–water partition coefficient (Wildman–Crippen LogP) is 10.6. The van der Waals surface area contributed by atoms with Gasteiger partial charge in [0.15, 0.2) is 31.9 Å². The Labute approximate surface area is 491 Å². The minimum atomic E-state index is -2.92. The summed E-state index contributed by atoms with van der Waals surface area (Å²) in [7, 11) is -2.92. The monoisotopic (exact) mass is 1180 g/mol. The first kappa shape index (κ1) is 62.6. The highest BCUT2D eigenvalue weighted by Crippen LogP contribution is 2.65. The number of carbonyl (C=O) groups is 7. The number of Topliss-reactive ketones (excluding diaryl/α,β-unsaturated/α-hetero) is 1. The van der Waals surface area contributed by atoms with Gasteiger partial charge in [0.2, 0.25) is 0 Å². The summed E-state index contributed by atoms with van der Waals surface area (Å²) in [5, 5.41) is 17.4. The number of fused-ring (bicyclic) bond motifs is 5. The molecule has 1 aliphatic heterocycles. The molecule has 2 bridgehead atoms. The second-order valence-electron chi connectivity index (χ2n) is 24.7. The summed E-state index contributed by atoms with van der Waals surface area (Å²) in [4.78, 5) is 104. The van der Waals surface area contributed by atoms with Crippen molar-refractivity contribution in [1.82, 2.24) is 5.32 Å². The summed E-state index contributed by atoms with van der Waals surface area (Å²) in [6, 6.07) is 32.7. The Balaban J connectivity index is 1.35. The van der Waals surface area contributed by atoms with Crippen molar-refractivity contribution >= 4 is 50.4 Å². The molecule has 4 aromatic carbocycles. The first-order valence-corrected chi connectivity index (χ1v) is 31.2. The van der Waals surface area contributed by atoms with Gasteiger partial charge in [-0.25, -0.2) is 24.0 Å². The van der Waals surface area contributed by atoms with Crippen molar-refractivity contribution in [1.29, 1.82) is 0 Å². The Morgan fingerprint density at radius 3 is 1.81 bits per heavy atom. The maximum absolute atomic E-state index is 16.8. The van der Waals surface area contributed by atoms with Gasteiger partial charge in [-0.05, 0) is 93.2 Å². The minimum Gasteiger partial charge on any atom is -0.456 e. The molecule has 19 nitrogen and oxygen atoms in total. The van der Waals surface area contributed by atoms with E-state index < -0.39 is 140 Å². The van der Waals surface area contributed by atoms with Crippen LogP contribution in [0.1, 0.15) is 115 Å². The van der Waals surface area contributed by atoms with Gasteiger partial charge in [0.1, 0.15) is 48.8 Å². The van der Waals surface area contributed by atoms with Crippen LogP contribution in [0.4, 0.5) is 14.4 Å². The Morgan fingerprint density at radius 2 is 1.30 bits per heavy atom. The fourth-order valence-corrected chi connectivity index (χ4v) is 13.2. The number of nitrogens with one attached hydrogen (secondary N) is 1. The second-order valence-corrected chi connectivity index (χ2v) is 29.3. The summed E-state index contributed by atoms with van der Waals surface area (Å²) in [5.74, 6) is -5.52. The highest BCUT2D eigenvalue weighted by Gasteiger charge is 2.79. The topological polar surface area (TPSA) is 244 Å². The minimum absolute atomic E-state index is 0.0273. The van der Waals surface area contributed by atoms with Gasteiger partial charge >= 0.3 is 36.3 Å². The second kappa shape index (κ2) is 24.7. The third-order valence-electron chi connectivity index (χ3n) is 17.2. The lowest BCUT2D eigenvalue weighted by molar-refractivity contribution is -0.346. The van der Waals surface area contributed by atoms with Crippen LogP contribution in [0.25, 0.3) is 0 Å². The maximum Gasteiger partial charge on any atom is 0.509 e. The summed E-state index contributed by atoms with van der Waals surface area (Å²) >= 11 is 0. The van der Waals surface area contributed by atoms with E-state index in [1.807, 2.05) is 26.9 Å². The van der Waals surface area contributed by atoms with Gasteiger partial charge < -0.3 is 57.5 Å². The third-order valence-corrected chi connectivity index (χ3v) is 20.8. The van der Waals surface area contributed by atoms with Gasteiger partial charge in [-0.1, -0.05) is 137 Å². The molecule has 1 amide bonds. The lowest BCUT2D eigenvalue weighted by Crippen LogP contribution is -2.82. The molecule has 2 N–H and O–H groups in total. The molecule has 0 radical (unpaired) electrons. The van der Waals surface area contributed by atoms with E-state index >= 15 is 9.59 Å². The zero-order valence-corrected chi connectivity index (χ0v) is 50.7. The Hall–Kier alpha value is -7.39. The molecule has 20 heteroatoms. The number of hydrogen-bond acceptors (Lipinski definition) is 18. The number of aliphatic hydroxyl groups is 1.